The molecule has 2 nitrogen and oxygen atoms in total. The van der Waals surface area contributed by atoms with Crippen LogP contribution in [0.2, 0.25) is 0 Å². The summed E-state index contributed by atoms with van der Waals surface area (Å²) >= 11 is 1.50. The summed E-state index contributed by atoms with van der Waals surface area (Å²) in [6, 6.07) is 0. The van der Waals surface area contributed by atoms with Crippen molar-refractivity contribution in [2.24, 2.45) is 0 Å². The van der Waals surface area contributed by atoms with Gasteiger partial charge in [0.05, 0.1) is 0 Å². The van der Waals surface area contributed by atoms with Crippen LogP contribution in [0.1, 0.15) is 6.92 Å². The maximum absolute atomic E-state index is 8.72. The van der Waals surface area contributed by atoms with Crippen LogP contribution in [0, 0.1) is 0 Å². The van der Waals surface area contributed by atoms with Crippen LogP contribution in [-0.4, -0.2) is 17.3 Å². The number of hydrogen-bond donors (Lipinski definition) is 1. The molecular formula is C5H11O2PS. The summed E-state index contributed by atoms with van der Waals surface area (Å²) in [4.78, 5) is 8.72. The molecule has 0 bridgehead atoms. The molecule has 0 rings (SSSR count). The first-order valence-electron chi connectivity index (χ1n) is 2.59. The summed E-state index contributed by atoms with van der Waals surface area (Å²) in [7, 11) is -1.27. The van der Waals surface area contributed by atoms with E-state index in [-0.39, 0.29) is 0 Å². The molecule has 0 aromatic heterocycles. The van der Waals surface area contributed by atoms with E-state index in [0.29, 0.717) is 5.09 Å². The van der Waals surface area contributed by atoms with Gasteiger partial charge < -0.3 is 9.42 Å². The molecule has 1 unspecified atom stereocenters. The minimum Gasteiger partial charge on any atom is -0.442 e. The van der Waals surface area contributed by atoms with E-state index in [9.17, 15) is 0 Å². The third-order valence-corrected chi connectivity index (χ3v) is 1.84. The standard InChI is InChI=1S/C5H11O2PS/c1-4-9-5(2)7-8(3)6/h6H,2,4H2,1,3H3. The van der Waals surface area contributed by atoms with Gasteiger partial charge in [0, 0.05) is 6.66 Å². The van der Waals surface area contributed by atoms with Gasteiger partial charge in [0.2, 0.25) is 8.38 Å². The van der Waals surface area contributed by atoms with E-state index < -0.39 is 8.38 Å². The highest BCUT2D eigenvalue weighted by Crippen LogP contribution is 2.32. The van der Waals surface area contributed by atoms with Crippen molar-refractivity contribution in [3.05, 3.63) is 11.7 Å². The molecule has 54 valence electrons. The van der Waals surface area contributed by atoms with Crippen molar-refractivity contribution in [2.75, 3.05) is 12.4 Å². The predicted molar refractivity (Wildman–Crippen MR) is 43.4 cm³/mol. The van der Waals surface area contributed by atoms with Crippen LogP contribution in [0.3, 0.4) is 0 Å². The lowest BCUT2D eigenvalue weighted by Gasteiger charge is -2.07. The van der Waals surface area contributed by atoms with Gasteiger partial charge in [-0.25, -0.2) is 0 Å². The quantitative estimate of drug-likeness (QED) is 0.512. The molecule has 4 heteroatoms. The van der Waals surface area contributed by atoms with Crippen molar-refractivity contribution in [3.63, 3.8) is 0 Å². The van der Waals surface area contributed by atoms with Gasteiger partial charge in [0.1, 0.15) is 0 Å². The Labute approximate surface area is 61.2 Å². The molecule has 0 aromatic rings. The highest BCUT2D eigenvalue weighted by molar-refractivity contribution is 8.02. The second-order valence-electron chi connectivity index (χ2n) is 1.36. The Hall–Kier alpha value is 0.280. The van der Waals surface area contributed by atoms with Crippen LogP contribution in [-0.2, 0) is 4.52 Å². The van der Waals surface area contributed by atoms with Gasteiger partial charge in [-0.15, -0.1) is 0 Å². The largest absolute Gasteiger partial charge is 0.442 e. The lowest BCUT2D eigenvalue weighted by Crippen LogP contribution is -1.79. The first kappa shape index (κ1) is 9.28. The fourth-order valence-corrected chi connectivity index (χ4v) is 1.49. The van der Waals surface area contributed by atoms with Crippen LogP contribution in [0.15, 0.2) is 11.7 Å². The van der Waals surface area contributed by atoms with Crippen molar-refractivity contribution in [1.29, 1.82) is 0 Å². The lowest BCUT2D eigenvalue weighted by atomic mass is 11.0. The molecule has 0 fully saturated rings. The molecule has 0 aliphatic rings. The van der Waals surface area contributed by atoms with Gasteiger partial charge in [-0.1, -0.05) is 18.7 Å². The second-order valence-corrected chi connectivity index (χ2v) is 3.79. The molecule has 0 aromatic carbocycles. The maximum Gasteiger partial charge on any atom is 0.224 e. The molecule has 0 amide bonds. The normalized spacial score (nSPS) is 12.8. The average Bonchev–Trinajstić information content (AvgIpc) is 1.63. The van der Waals surface area contributed by atoms with Gasteiger partial charge >= 0.3 is 0 Å². The Bertz CT molecular complexity index is 95.0. The van der Waals surface area contributed by atoms with Gasteiger partial charge in [0.15, 0.2) is 5.09 Å². The van der Waals surface area contributed by atoms with E-state index in [1.54, 1.807) is 6.66 Å². The Morgan fingerprint density at radius 1 is 1.89 bits per heavy atom. The van der Waals surface area contributed by atoms with Gasteiger partial charge in [-0.3, -0.25) is 0 Å². The van der Waals surface area contributed by atoms with Crippen molar-refractivity contribution in [1.82, 2.24) is 0 Å². The molecule has 0 radical (unpaired) electrons. The van der Waals surface area contributed by atoms with Gasteiger partial charge in [-0.2, -0.15) is 0 Å². The topological polar surface area (TPSA) is 29.5 Å². The average molecular weight is 166 g/mol. The Kier molecular flexibility index (Phi) is 5.25. The molecule has 0 aliphatic carbocycles. The van der Waals surface area contributed by atoms with E-state index in [4.69, 9.17) is 9.42 Å². The third kappa shape index (κ3) is 6.16. The van der Waals surface area contributed by atoms with Crippen LogP contribution < -0.4 is 0 Å². The third-order valence-electron chi connectivity index (χ3n) is 0.539. The predicted octanol–water partition coefficient (Wildman–Crippen LogP) is 2.16. The molecule has 1 atom stereocenters. The zero-order chi connectivity index (χ0) is 7.28. The van der Waals surface area contributed by atoms with Gasteiger partial charge in [-0.05, 0) is 12.3 Å². The minimum absolute atomic E-state index is 0.605. The summed E-state index contributed by atoms with van der Waals surface area (Å²) in [5, 5.41) is 0.605. The SMILES string of the molecule is C=C(OP(C)O)SCC. The Morgan fingerprint density at radius 3 is 2.78 bits per heavy atom. The van der Waals surface area contributed by atoms with Crippen molar-refractivity contribution >= 4 is 20.1 Å². The second kappa shape index (κ2) is 5.10. The zero-order valence-electron chi connectivity index (χ0n) is 5.63. The Morgan fingerprint density at radius 2 is 2.44 bits per heavy atom. The summed E-state index contributed by atoms with van der Waals surface area (Å²) < 4.78 is 4.88. The van der Waals surface area contributed by atoms with Crippen molar-refractivity contribution in [2.45, 2.75) is 6.92 Å². The highest BCUT2D eigenvalue weighted by atomic mass is 32.2. The fourth-order valence-electron chi connectivity index (χ4n) is 0.335. The number of thioether (sulfide) groups is 1. The molecule has 0 heterocycles. The highest BCUT2D eigenvalue weighted by Gasteiger charge is 1.98. The zero-order valence-corrected chi connectivity index (χ0v) is 7.34. The maximum atomic E-state index is 8.72. The molecule has 9 heavy (non-hydrogen) atoms. The van der Waals surface area contributed by atoms with E-state index in [2.05, 4.69) is 6.58 Å². The fraction of sp³-hybridized carbons (Fsp3) is 0.600. The van der Waals surface area contributed by atoms with Crippen LogP contribution in [0.4, 0.5) is 0 Å². The number of rotatable bonds is 4. The summed E-state index contributed by atoms with van der Waals surface area (Å²) in [5.41, 5.74) is 0. The van der Waals surface area contributed by atoms with Crippen molar-refractivity contribution in [3.8, 4) is 0 Å². The van der Waals surface area contributed by atoms with Gasteiger partial charge in [0.25, 0.3) is 0 Å². The van der Waals surface area contributed by atoms with Crippen LogP contribution >= 0.6 is 20.1 Å². The summed E-state index contributed by atoms with van der Waals surface area (Å²) in [6.45, 7) is 7.21. The Balaban J connectivity index is 3.27. The number of hydrogen-bond acceptors (Lipinski definition) is 3. The smallest absolute Gasteiger partial charge is 0.224 e. The molecular weight excluding hydrogens is 155 g/mol. The summed E-state index contributed by atoms with van der Waals surface area (Å²) in [5.74, 6) is 0.933. The van der Waals surface area contributed by atoms with E-state index in [1.807, 2.05) is 6.92 Å². The van der Waals surface area contributed by atoms with E-state index in [1.165, 1.54) is 11.8 Å². The molecule has 0 saturated heterocycles. The molecule has 1 N–H and O–H groups in total. The lowest BCUT2D eigenvalue weighted by molar-refractivity contribution is 0.437. The monoisotopic (exact) mass is 166 g/mol. The van der Waals surface area contributed by atoms with E-state index >= 15 is 0 Å². The first-order valence-corrected chi connectivity index (χ1v) is 5.23. The van der Waals surface area contributed by atoms with Crippen LogP contribution in [0.25, 0.3) is 0 Å². The first-order chi connectivity index (χ1) is 4.16. The minimum atomic E-state index is -1.27. The molecule has 0 spiro atoms. The molecule has 0 saturated carbocycles. The van der Waals surface area contributed by atoms with Crippen LogP contribution in [0.5, 0.6) is 0 Å². The van der Waals surface area contributed by atoms with E-state index in [0.717, 1.165) is 5.75 Å². The molecule has 0 aliphatic heterocycles. The van der Waals surface area contributed by atoms with Crippen molar-refractivity contribution < 1.29 is 9.42 Å². The summed E-state index contributed by atoms with van der Waals surface area (Å²) in [6.07, 6.45) is 0.